The van der Waals surface area contributed by atoms with Crippen molar-refractivity contribution in [2.45, 2.75) is 0 Å². The molecule has 0 bridgehead atoms. The Bertz CT molecular complexity index is 1130. The lowest BCUT2D eigenvalue weighted by Gasteiger charge is -2.12. The fourth-order valence-corrected chi connectivity index (χ4v) is 4.84. The molecule has 0 spiro atoms. The Morgan fingerprint density at radius 3 is 2.47 bits per heavy atom. The number of carbonyl (C=O) groups excluding carboxylic acids is 3. The van der Waals surface area contributed by atoms with Crippen molar-refractivity contribution in [2.75, 3.05) is 18.5 Å². The topological polar surface area (TPSA) is 125 Å². The molecule has 32 heavy (non-hydrogen) atoms. The first-order valence-corrected chi connectivity index (χ1v) is 11.0. The summed E-state index contributed by atoms with van der Waals surface area (Å²) in [6, 6.07) is 8.05. The average Bonchev–Trinajstić information content (AvgIpc) is 2.96. The van der Waals surface area contributed by atoms with Gasteiger partial charge in [-0.05, 0) is 81.1 Å². The van der Waals surface area contributed by atoms with E-state index in [2.05, 4.69) is 10.6 Å². The van der Waals surface area contributed by atoms with Crippen molar-refractivity contribution >= 4 is 80.8 Å². The predicted octanol–water partition coefficient (Wildman–Crippen LogP) is 3.03. The van der Waals surface area contributed by atoms with Gasteiger partial charge in [-0.25, -0.2) is 18.9 Å². The van der Waals surface area contributed by atoms with E-state index >= 15 is 0 Å². The van der Waals surface area contributed by atoms with Crippen LogP contribution in [0.25, 0.3) is 6.08 Å². The zero-order chi connectivity index (χ0) is 23.4. The Kier molecular flexibility index (Phi) is 7.65. The number of carboxylic acid groups (broad SMARTS) is 1. The van der Waals surface area contributed by atoms with Gasteiger partial charge in [0.25, 0.3) is 5.91 Å². The van der Waals surface area contributed by atoms with Crippen LogP contribution in [0.5, 0.6) is 5.75 Å². The number of urea groups is 1. The van der Waals surface area contributed by atoms with Crippen molar-refractivity contribution in [2.24, 2.45) is 0 Å². The van der Waals surface area contributed by atoms with E-state index in [4.69, 9.17) is 9.84 Å². The molecular weight excluding hydrogens is 651 g/mol. The number of benzene rings is 2. The highest BCUT2D eigenvalue weighted by atomic mass is 127. The second kappa shape index (κ2) is 10.2. The Balaban J connectivity index is 1.73. The molecule has 1 aliphatic heterocycles. The van der Waals surface area contributed by atoms with E-state index in [9.17, 15) is 23.6 Å². The second-order valence-corrected chi connectivity index (χ2v) is 8.73. The molecule has 0 atom stereocenters. The largest absolute Gasteiger partial charge is 0.480 e. The van der Waals surface area contributed by atoms with E-state index in [1.807, 2.05) is 45.2 Å². The zero-order valence-corrected chi connectivity index (χ0v) is 20.3. The number of nitrogens with zero attached hydrogens (tertiary/aromatic N) is 1. The predicted molar refractivity (Wildman–Crippen MR) is 128 cm³/mol. The summed E-state index contributed by atoms with van der Waals surface area (Å²) in [4.78, 5) is 48.4. The number of hydrogen-bond acceptors (Lipinski definition) is 5. The van der Waals surface area contributed by atoms with Gasteiger partial charge in [-0.1, -0.05) is 12.1 Å². The molecule has 166 valence electrons. The highest BCUT2D eigenvalue weighted by molar-refractivity contribution is 14.1. The number of imide groups is 1. The first-order chi connectivity index (χ1) is 15.2. The summed E-state index contributed by atoms with van der Waals surface area (Å²) in [7, 11) is 0. The standard InChI is InChI=1S/C20H14FI2N3O6/c21-11-3-1-2-4-14(11)24-16(27)8-26-19(30)15(25-20(26)31)7-10-5-12(22)18(13(23)6-10)32-9-17(28)29/h1-7H,8-9H2,(H,24,27)(H,25,31)(H,28,29)/b15-7+. The Morgan fingerprint density at radius 2 is 1.84 bits per heavy atom. The van der Waals surface area contributed by atoms with Crippen molar-refractivity contribution in [3.8, 4) is 5.75 Å². The molecule has 1 fully saturated rings. The number of para-hydroxylation sites is 1. The third-order valence-corrected chi connectivity index (χ3v) is 5.69. The summed E-state index contributed by atoms with van der Waals surface area (Å²) in [5, 5.41) is 13.5. The van der Waals surface area contributed by atoms with Gasteiger partial charge in [-0.3, -0.25) is 9.59 Å². The van der Waals surface area contributed by atoms with Crippen LogP contribution in [0.4, 0.5) is 14.9 Å². The van der Waals surface area contributed by atoms with E-state index < -0.39 is 42.8 Å². The van der Waals surface area contributed by atoms with Crippen LogP contribution in [-0.4, -0.2) is 47.0 Å². The number of nitrogens with one attached hydrogen (secondary N) is 2. The van der Waals surface area contributed by atoms with Gasteiger partial charge in [0.2, 0.25) is 5.91 Å². The molecule has 12 heteroatoms. The molecule has 9 nitrogen and oxygen atoms in total. The summed E-state index contributed by atoms with van der Waals surface area (Å²) in [6.45, 7) is -1.09. The maximum absolute atomic E-state index is 13.7. The third-order valence-electron chi connectivity index (χ3n) is 4.08. The minimum absolute atomic E-state index is 0.0421. The molecule has 0 saturated carbocycles. The minimum Gasteiger partial charge on any atom is -0.480 e. The second-order valence-electron chi connectivity index (χ2n) is 6.40. The molecule has 1 aliphatic rings. The van der Waals surface area contributed by atoms with Crippen LogP contribution in [0.15, 0.2) is 42.1 Å². The van der Waals surface area contributed by atoms with Crippen LogP contribution in [0.2, 0.25) is 0 Å². The van der Waals surface area contributed by atoms with Crippen LogP contribution in [0.1, 0.15) is 5.56 Å². The van der Waals surface area contributed by atoms with Gasteiger partial charge in [-0.15, -0.1) is 0 Å². The summed E-state index contributed by atoms with van der Waals surface area (Å²) >= 11 is 3.94. The molecule has 0 aromatic heterocycles. The molecule has 2 aromatic rings. The highest BCUT2D eigenvalue weighted by Crippen LogP contribution is 2.30. The number of carboxylic acids is 1. The summed E-state index contributed by atoms with van der Waals surface area (Å²) in [6.07, 6.45) is 1.43. The SMILES string of the molecule is O=C(O)COc1c(I)cc(/C=C2/NC(=O)N(CC(=O)Nc3ccccc3F)C2=O)cc1I. The molecular formula is C20H14FI2N3O6. The van der Waals surface area contributed by atoms with Gasteiger partial charge in [0.1, 0.15) is 23.8 Å². The number of aliphatic carboxylic acids is 1. The smallest absolute Gasteiger partial charge is 0.341 e. The summed E-state index contributed by atoms with van der Waals surface area (Å²) in [5.41, 5.74) is 0.456. The lowest BCUT2D eigenvalue weighted by Crippen LogP contribution is -2.38. The van der Waals surface area contributed by atoms with Gasteiger partial charge in [0, 0.05) is 0 Å². The van der Waals surface area contributed by atoms with Gasteiger partial charge in [0.05, 0.1) is 12.8 Å². The van der Waals surface area contributed by atoms with Gasteiger partial charge < -0.3 is 20.5 Å². The van der Waals surface area contributed by atoms with E-state index in [0.29, 0.717) is 23.4 Å². The van der Waals surface area contributed by atoms with Crippen molar-refractivity contribution in [1.29, 1.82) is 0 Å². The van der Waals surface area contributed by atoms with Crippen LogP contribution in [-0.2, 0) is 14.4 Å². The third kappa shape index (κ3) is 5.73. The number of ether oxygens (including phenoxy) is 1. The number of anilines is 1. The molecule has 0 radical (unpaired) electrons. The van der Waals surface area contributed by atoms with Crippen LogP contribution in [0, 0.1) is 13.0 Å². The van der Waals surface area contributed by atoms with Crippen LogP contribution < -0.4 is 15.4 Å². The normalized spacial score (nSPS) is 14.5. The Morgan fingerprint density at radius 1 is 1.19 bits per heavy atom. The molecule has 0 aliphatic carbocycles. The number of rotatable bonds is 7. The Labute approximate surface area is 208 Å². The van der Waals surface area contributed by atoms with E-state index in [1.54, 1.807) is 12.1 Å². The summed E-state index contributed by atoms with van der Waals surface area (Å²) < 4.78 is 20.2. The van der Waals surface area contributed by atoms with E-state index in [0.717, 1.165) is 0 Å². The number of halogens is 3. The monoisotopic (exact) mass is 665 g/mol. The lowest BCUT2D eigenvalue weighted by atomic mass is 10.2. The molecule has 1 heterocycles. The number of amides is 4. The van der Waals surface area contributed by atoms with Crippen LogP contribution >= 0.6 is 45.2 Å². The minimum atomic E-state index is -1.11. The Hall–Kier alpha value is -2.75. The van der Waals surface area contributed by atoms with Gasteiger partial charge in [-0.2, -0.15) is 0 Å². The van der Waals surface area contributed by atoms with Crippen molar-refractivity contribution in [3.63, 3.8) is 0 Å². The first-order valence-electron chi connectivity index (χ1n) is 8.88. The zero-order valence-electron chi connectivity index (χ0n) is 16.0. The van der Waals surface area contributed by atoms with Gasteiger partial charge in [0.15, 0.2) is 6.61 Å². The maximum Gasteiger partial charge on any atom is 0.341 e. The van der Waals surface area contributed by atoms with Crippen molar-refractivity contribution in [1.82, 2.24) is 10.2 Å². The number of carbonyl (C=O) groups is 4. The first kappa shape index (κ1) is 23.9. The molecule has 4 amide bonds. The van der Waals surface area contributed by atoms with E-state index in [-0.39, 0.29) is 11.4 Å². The summed E-state index contributed by atoms with van der Waals surface area (Å²) in [5.74, 6) is -2.80. The fourth-order valence-electron chi connectivity index (χ4n) is 2.71. The fraction of sp³-hybridized carbons (Fsp3) is 0.100. The van der Waals surface area contributed by atoms with Crippen LogP contribution in [0.3, 0.4) is 0 Å². The lowest BCUT2D eigenvalue weighted by molar-refractivity contribution is -0.139. The van der Waals surface area contributed by atoms with Gasteiger partial charge >= 0.3 is 12.0 Å². The highest BCUT2D eigenvalue weighted by Gasteiger charge is 2.35. The molecule has 0 unspecified atom stereocenters. The molecule has 3 rings (SSSR count). The maximum atomic E-state index is 13.7. The average molecular weight is 665 g/mol. The molecule has 2 aromatic carbocycles. The molecule has 3 N–H and O–H groups in total. The molecule has 1 saturated heterocycles. The van der Waals surface area contributed by atoms with Crippen molar-refractivity contribution < 1.29 is 33.4 Å². The van der Waals surface area contributed by atoms with E-state index in [1.165, 1.54) is 30.3 Å². The quantitative estimate of drug-likeness (QED) is 0.238. The number of hydrogen-bond donors (Lipinski definition) is 3. The van der Waals surface area contributed by atoms with Crippen molar-refractivity contribution in [3.05, 3.63) is 60.6 Å².